The molecule has 5 nitrogen and oxygen atoms in total. The minimum Gasteiger partial charge on any atom is -0.496 e. The Kier molecular flexibility index (Phi) is 5.87. The number of nitrogens with one attached hydrogen (secondary N) is 1. The number of anilines is 1. The molecule has 28 heavy (non-hydrogen) atoms. The number of hydrogen-bond donors (Lipinski definition) is 2. The van der Waals surface area contributed by atoms with Crippen molar-refractivity contribution in [3.8, 4) is 16.9 Å². The van der Waals surface area contributed by atoms with Crippen molar-refractivity contribution < 1.29 is 19.4 Å². The monoisotopic (exact) mass is 373 g/mol. The van der Waals surface area contributed by atoms with Gasteiger partial charge in [-0.15, -0.1) is 0 Å². The Bertz CT molecular complexity index is 1030. The summed E-state index contributed by atoms with van der Waals surface area (Å²) in [7, 11) is 1.56. The van der Waals surface area contributed by atoms with Crippen LogP contribution in [0.3, 0.4) is 0 Å². The number of benzene rings is 3. The molecule has 3 aromatic carbocycles. The Hall–Kier alpha value is -3.86. The Morgan fingerprint density at radius 2 is 1.64 bits per heavy atom. The lowest BCUT2D eigenvalue weighted by Crippen LogP contribution is -2.12. The van der Waals surface area contributed by atoms with Crippen molar-refractivity contribution in [2.45, 2.75) is 0 Å². The predicted molar refractivity (Wildman–Crippen MR) is 109 cm³/mol. The lowest BCUT2D eigenvalue weighted by molar-refractivity contribution is -0.111. The third kappa shape index (κ3) is 4.45. The van der Waals surface area contributed by atoms with Gasteiger partial charge in [0.05, 0.1) is 18.4 Å². The summed E-state index contributed by atoms with van der Waals surface area (Å²) in [6.07, 6.45) is 2.97. The van der Waals surface area contributed by atoms with Crippen LogP contribution in [-0.2, 0) is 4.79 Å². The molecule has 0 unspecified atom stereocenters. The molecule has 0 aliphatic rings. The van der Waals surface area contributed by atoms with E-state index in [2.05, 4.69) is 5.32 Å². The Morgan fingerprint density at radius 3 is 2.36 bits per heavy atom. The first kappa shape index (κ1) is 18.9. The maximum Gasteiger partial charge on any atom is 0.337 e. The van der Waals surface area contributed by atoms with Crippen molar-refractivity contribution in [1.29, 1.82) is 0 Å². The second-order valence-electron chi connectivity index (χ2n) is 6.00. The van der Waals surface area contributed by atoms with Gasteiger partial charge in [0.15, 0.2) is 0 Å². The molecule has 0 aliphatic heterocycles. The number of ether oxygens (including phenoxy) is 1. The molecule has 0 spiro atoms. The SMILES string of the molecule is COc1ccccc1/C=C/C(=O)Nc1cc(-c2ccccc2)ccc1C(=O)O. The standard InChI is InChI=1S/C23H19NO4/c1-28-21-10-6-5-9-17(21)12-14-22(25)24-20-15-18(11-13-19(20)23(26)27)16-7-3-2-4-8-16/h2-15H,1H3,(H,24,25)(H,26,27)/b14-12+. The molecular formula is C23H19NO4. The first-order valence-corrected chi connectivity index (χ1v) is 8.63. The van der Waals surface area contributed by atoms with Gasteiger partial charge < -0.3 is 15.2 Å². The Balaban J connectivity index is 1.86. The van der Waals surface area contributed by atoms with Crippen LogP contribution in [0.15, 0.2) is 78.9 Å². The van der Waals surface area contributed by atoms with Gasteiger partial charge in [-0.2, -0.15) is 0 Å². The summed E-state index contributed by atoms with van der Waals surface area (Å²) in [6.45, 7) is 0. The zero-order chi connectivity index (χ0) is 19.9. The fourth-order valence-electron chi connectivity index (χ4n) is 2.79. The quantitative estimate of drug-likeness (QED) is 0.614. The minimum atomic E-state index is -1.11. The van der Waals surface area contributed by atoms with E-state index in [1.54, 1.807) is 31.4 Å². The van der Waals surface area contributed by atoms with E-state index in [4.69, 9.17) is 4.74 Å². The molecule has 0 atom stereocenters. The summed E-state index contributed by atoms with van der Waals surface area (Å²) in [5, 5.41) is 12.1. The van der Waals surface area contributed by atoms with Crippen LogP contribution in [-0.4, -0.2) is 24.1 Å². The third-order valence-corrected chi connectivity index (χ3v) is 4.17. The van der Waals surface area contributed by atoms with Crippen molar-refractivity contribution >= 4 is 23.6 Å². The van der Waals surface area contributed by atoms with Crippen molar-refractivity contribution in [2.75, 3.05) is 12.4 Å². The summed E-state index contributed by atoms with van der Waals surface area (Å²) < 4.78 is 5.25. The number of carbonyl (C=O) groups excluding carboxylic acids is 1. The van der Waals surface area contributed by atoms with Gasteiger partial charge in [-0.05, 0) is 35.4 Å². The lowest BCUT2D eigenvalue weighted by Gasteiger charge is -2.10. The number of carboxylic acids is 1. The molecule has 5 heteroatoms. The fourth-order valence-corrected chi connectivity index (χ4v) is 2.79. The van der Waals surface area contributed by atoms with Gasteiger partial charge in [0.25, 0.3) is 0 Å². The number of carboxylic acid groups (broad SMARTS) is 1. The summed E-state index contributed by atoms with van der Waals surface area (Å²) in [4.78, 5) is 23.9. The smallest absolute Gasteiger partial charge is 0.337 e. The first-order chi connectivity index (χ1) is 13.6. The Morgan fingerprint density at radius 1 is 0.929 bits per heavy atom. The summed E-state index contributed by atoms with van der Waals surface area (Å²) >= 11 is 0. The van der Waals surface area contributed by atoms with Crippen LogP contribution in [0.5, 0.6) is 5.75 Å². The van der Waals surface area contributed by atoms with E-state index in [1.807, 2.05) is 48.5 Å². The normalized spacial score (nSPS) is 10.6. The first-order valence-electron chi connectivity index (χ1n) is 8.63. The number of methoxy groups -OCH3 is 1. The van der Waals surface area contributed by atoms with Crippen molar-refractivity contribution in [3.05, 3.63) is 90.0 Å². The number of para-hydroxylation sites is 1. The molecule has 0 radical (unpaired) electrons. The van der Waals surface area contributed by atoms with E-state index in [0.29, 0.717) is 5.75 Å². The van der Waals surface area contributed by atoms with E-state index < -0.39 is 11.9 Å². The van der Waals surface area contributed by atoms with E-state index in [9.17, 15) is 14.7 Å². The van der Waals surface area contributed by atoms with E-state index >= 15 is 0 Å². The molecule has 140 valence electrons. The average molecular weight is 373 g/mol. The largest absolute Gasteiger partial charge is 0.496 e. The molecule has 3 aromatic rings. The summed E-state index contributed by atoms with van der Waals surface area (Å²) in [5.74, 6) is -0.897. The maximum atomic E-state index is 12.4. The van der Waals surface area contributed by atoms with Crippen molar-refractivity contribution in [1.82, 2.24) is 0 Å². The molecule has 0 saturated carbocycles. The molecule has 0 aliphatic carbocycles. The van der Waals surface area contributed by atoms with Crippen LogP contribution in [0.25, 0.3) is 17.2 Å². The van der Waals surface area contributed by atoms with Gasteiger partial charge >= 0.3 is 5.97 Å². The molecule has 3 rings (SSSR count). The van der Waals surface area contributed by atoms with Crippen LogP contribution in [0.2, 0.25) is 0 Å². The zero-order valence-electron chi connectivity index (χ0n) is 15.3. The van der Waals surface area contributed by atoms with Crippen LogP contribution >= 0.6 is 0 Å². The molecule has 0 aromatic heterocycles. The second-order valence-corrected chi connectivity index (χ2v) is 6.00. The molecule has 0 bridgehead atoms. The van der Waals surface area contributed by atoms with Crippen LogP contribution < -0.4 is 10.1 Å². The molecule has 0 heterocycles. The summed E-state index contributed by atoms with van der Waals surface area (Å²) in [6, 6.07) is 21.7. The highest BCUT2D eigenvalue weighted by Crippen LogP contribution is 2.26. The van der Waals surface area contributed by atoms with Crippen LogP contribution in [0.4, 0.5) is 5.69 Å². The van der Waals surface area contributed by atoms with Gasteiger partial charge in [0, 0.05) is 11.6 Å². The van der Waals surface area contributed by atoms with Crippen LogP contribution in [0.1, 0.15) is 15.9 Å². The fraction of sp³-hybridized carbons (Fsp3) is 0.0435. The minimum absolute atomic E-state index is 0.0266. The van der Waals surface area contributed by atoms with Gasteiger partial charge in [0.2, 0.25) is 5.91 Å². The van der Waals surface area contributed by atoms with Gasteiger partial charge in [-0.3, -0.25) is 4.79 Å². The van der Waals surface area contributed by atoms with Gasteiger partial charge in [-0.25, -0.2) is 4.79 Å². The highest BCUT2D eigenvalue weighted by Gasteiger charge is 2.13. The van der Waals surface area contributed by atoms with E-state index in [0.717, 1.165) is 16.7 Å². The maximum absolute atomic E-state index is 12.4. The zero-order valence-corrected chi connectivity index (χ0v) is 15.3. The Labute approximate surface area is 162 Å². The highest BCUT2D eigenvalue weighted by atomic mass is 16.5. The lowest BCUT2D eigenvalue weighted by atomic mass is 10.0. The van der Waals surface area contributed by atoms with E-state index in [1.165, 1.54) is 12.1 Å². The molecule has 0 fully saturated rings. The van der Waals surface area contributed by atoms with Gasteiger partial charge in [-0.1, -0.05) is 54.6 Å². The van der Waals surface area contributed by atoms with Crippen LogP contribution in [0, 0.1) is 0 Å². The highest BCUT2D eigenvalue weighted by molar-refractivity contribution is 6.06. The molecule has 1 amide bonds. The molecular weight excluding hydrogens is 354 g/mol. The second kappa shape index (κ2) is 8.68. The van der Waals surface area contributed by atoms with Gasteiger partial charge in [0.1, 0.15) is 5.75 Å². The van der Waals surface area contributed by atoms with Crippen molar-refractivity contribution in [3.63, 3.8) is 0 Å². The summed E-state index contributed by atoms with van der Waals surface area (Å²) in [5.41, 5.74) is 2.76. The predicted octanol–water partition coefficient (Wildman–Crippen LogP) is 4.71. The topological polar surface area (TPSA) is 75.6 Å². The average Bonchev–Trinajstić information content (AvgIpc) is 2.73. The van der Waals surface area contributed by atoms with E-state index in [-0.39, 0.29) is 11.3 Å². The number of amides is 1. The number of hydrogen-bond acceptors (Lipinski definition) is 3. The number of carbonyl (C=O) groups is 2. The number of aromatic carboxylic acids is 1. The third-order valence-electron chi connectivity index (χ3n) is 4.17. The number of rotatable bonds is 6. The molecule has 2 N–H and O–H groups in total. The molecule has 0 saturated heterocycles. The van der Waals surface area contributed by atoms with Crippen molar-refractivity contribution in [2.24, 2.45) is 0 Å².